The molecule has 3 aliphatic heterocycles. The van der Waals surface area contributed by atoms with Gasteiger partial charge in [0.15, 0.2) is 6.54 Å². The summed E-state index contributed by atoms with van der Waals surface area (Å²) in [5.41, 5.74) is 10.9. The Labute approximate surface area is 185 Å². The Morgan fingerprint density at radius 2 is 1.67 bits per heavy atom. The van der Waals surface area contributed by atoms with E-state index in [0.717, 1.165) is 13.1 Å². The maximum atomic E-state index is 2.55. The van der Waals surface area contributed by atoms with Crippen molar-refractivity contribution in [1.29, 1.82) is 0 Å². The van der Waals surface area contributed by atoms with Gasteiger partial charge in [0.25, 0.3) is 5.01 Å². The van der Waals surface area contributed by atoms with E-state index >= 15 is 0 Å². The highest BCUT2D eigenvalue weighted by Crippen LogP contribution is 2.54. The van der Waals surface area contributed by atoms with E-state index in [2.05, 4.69) is 64.9 Å². The van der Waals surface area contributed by atoms with E-state index in [9.17, 15) is 0 Å². The molecule has 0 unspecified atom stereocenters. The quantitative estimate of drug-likeness (QED) is 0.400. The third-order valence-corrected chi connectivity index (χ3v) is 9.61. The zero-order chi connectivity index (χ0) is 19.8. The Bertz CT molecular complexity index is 1340. The van der Waals surface area contributed by atoms with Crippen LogP contribution in [0.2, 0.25) is 0 Å². The zero-order valence-corrected chi connectivity index (χ0v) is 18.7. The van der Waals surface area contributed by atoms with Gasteiger partial charge in [-0.05, 0) is 66.7 Å². The number of hydrogen-bond donors (Lipinski definition) is 0. The van der Waals surface area contributed by atoms with Crippen molar-refractivity contribution < 1.29 is 4.57 Å². The van der Waals surface area contributed by atoms with Gasteiger partial charge >= 0.3 is 0 Å². The average Bonchev–Trinajstić information content (AvgIpc) is 3.54. The van der Waals surface area contributed by atoms with E-state index in [1.54, 1.807) is 27.9 Å². The second-order valence-corrected chi connectivity index (χ2v) is 10.7. The van der Waals surface area contributed by atoms with Gasteiger partial charge in [-0.1, -0.05) is 47.4 Å². The standard InChI is InChI=1S/C26H23N2S2/c1-16-17(19-12-14-27-21-6-2-4-8-23(21)29-25(19)27)10-11-18(16)20-13-15-28-22-7-3-5-9-24(22)30-26(20)28/h2-9H,10-15H2,1H3/q+1. The number of rotatable bonds is 1. The fourth-order valence-corrected chi connectivity index (χ4v) is 8.32. The number of fused-ring (bicyclic) bond motifs is 6. The molecule has 0 saturated heterocycles. The molecule has 4 heterocycles. The number of thioether (sulfide) groups is 1. The molecule has 4 heteroatoms. The molecule has 0 bridgehead atoms. The van der Waals surface area contributed by atoms with Crippen LogP contribution in [-0.2, 0) is 6.54 Å². The van der Waals surface area contributed by atoms with Crippen LogP contribution in [0.1, 0.15) is 37.6 Å². The molecule has 30 heavy (non-hydrogen) atoms. The van der Waals surface area contributed by atoms with Gasteiger partial charge < -0.3 is 4.90 Å². The van der Waals surface area contributed by atoms with Gasteiger partial charge in [0, 0.05) is 29.5 Å². The fraction of sp³-hybridized carbons (Fsp3) is 0.269. The van der Waals surface area contributed by atoms with Crippen LogP contribution in [-0.4, -0.2) is 6.54 Å². The van der Waals surface area contributed by atoms with Crippen LogP contribution < -0.4 is 9.47 Å². The van der Waals surface area contributed by atoms with Crippen LogP contribution in [0.5, 0.6) is 0 Å². The molecule has 3 aromatic rings. The fourth-order valence-electron chi connectivity index (χ4n) is 5.75. The van der Waals surface area contributed by atoms with Gasteiger partial charge in [-0.25, -0.2) is 0 Å². The summed E-state index contributed by atoms with van der Waals surface area (Å²) >= 11 is 3.96. The van der Waals surface area contributed by atoms with E-state index in [-0.39, 0.29) is 0 Å². The lowest BCUT2D eigenvalue weighted by Gasteiger charge is -2.13. The number of aryl methyl sites for hydroxylation is 1. The Morgan fingerprint density at radius 3 is 2.63 bits per heavy atom. The van der Waals surface area contributed by atoms with Crippen LogP contribution in [0, 0.1) is 0 Å². The van der Waals surface area contributed by atoms with E-state index in [4.69, 9.17) is 0 Å². The number of aromatic nitrogens is 1. The predicted molar refractivity (Wildman–Crippen MR) is 127 cm³/mol. The Hall–Kier alpha value is -2.30. The van der Waals surface area contributed by atoms with Crippen molar-refractivity contribution in [2.45, 2.75) is 44.0 Å². The smallest absolute Gasteiger partial charge is 0.266 e. The normalized spacial score (nSPS) is 22.5. The highest BCUT2D eigenvalue weighted by Gasteiger charge is 2.38. The zero-order valence-electron chi connectivity index (χ0n) is 17.1. The second kappa shape index (κ2) is 6.35. The maximum absolute atomic E-state index is 2.55. The molecule has 0 spiro atoms. The number of benzene rings is 2. The van der Waals surface area contributed by atoms with E-state index in [0.29, 0.717) is 0 Å². The van der Waals surface area contributed by atoms with Crippen molar-refractivity contribution >= 4 is 44.6 Å². The van der Waals surface area contributed by atoms with Crippen molar-refractivity contribution in [3.05, 3.63) is 80.9 Å². The van der Waals surface area contributed by atoms with Crippen molar-refractivity contribution in [2.75, 3.05) is 11.4 Å². The average molecular weight is 428 g/mol. The minimum absolute atomic E-state index is 1.13. The number of thiazole rings is 1. The monoisotopic (exact) mass is 427 g/mol. The molecule has 0 atom stereocenters. The number of anilines is 1. The number of nitrogens with zero attached hydrogens (tertiary/aromatic N) is 2. The third kappa shape index (κ3) is 2.29. The molecule has 0 radical (unpaired) electrons. The number of hydrogen-bond acceptors (Lipinski definition) is 3. The van der Waals surface area contributed by atoms with E-state index < -0.39 is 0 Å². The van der Waals surface area contributed by atoms with Gasteiger partial charge in [0.1, 0.15) is 4.70 Å². The topological polar surface area (TPSA) is 7.12 Å². The second-order valence-electron chi connectivity index (χ2n) is 8.59. The first-order valence-corrected chi connectivity index (χ1v) is 12.5. The van der Waals surface area contributed by atoms with Crippen molar-refractivity contribution in [3.8, 4) is 0 Å². The van der Waals surface area contributed by atoms with Gasteiger partial charge in [0.05, 0.1) is 10.7 Å². The lowest BCUT2D eigenvalue weighted by atomic mass is 9.99. The maximum Gasteiger partial charge on any atom is 0.266 e. The van der Waals surface area contributed by atoms with E-state index in [1.165, 1.54) is 56.5 Å². The molecule has 2 aromatic carbocycles. The van der Waals surface area contributed by atoms with Gasteiger partial charge in [-0.3, -0.25) is 0 Å². The third-order valence-electron chi connectivity index (χ3n) is 7.16. The summed E-state index contributed by atoms with van der Waals surface area (Å²) in [5, 5.41) is 3.00. The summed E-state index contributed by atoms with van der Waals surface area (Å²) in [4.78, 5) is 3.97. The Morgan fingerprint density at radius 1 is 0.833 bits per heavy atom. The molecule has 2 nitrogen and oxygen atoms in total. The number of allylic oxidation sites excluding steroid dienone is 4. The van der Waals surface area contributed by atoms with Crippen LogP contribution >= 0.6 is 23.1 Å². The van der Waals surface area contributed by atoms with Gasteiger partial charge in [0.2, 0.25) is 5.52 Å². The Balaban J connectivity index is 1.33. The molecule has 148 valence electrons. The van der Waals surface area contributed by atoms with Crippen LogP contribution in [0.4, 0.5) is 5.69 Å². The summed E-state index contributed by atoms with van der Waals surface area (Å²) < 4.78 is 3.97. The highest BCUT2D eigenvalue weighted by atomic mass is 32.2. The van der Waals surface area contributed by atoms with Gasteiger partial charge in [-0.15, -0.1) is 0 Å². The molecule has 1 aliphatic carbocycles. The van der Waals surface area contributed by atoms with E-state index in [1.807, 2.05) is 23.1 Å². The predicted octanol–water partition coefficient (Wildman–Crippen LogP) is 6.68. The minimum Gasteiger partial charge on any atom is -0.334 e. The summed E-state index contributed by atoms with van der Waals surface area (Å²) in [6.45, 7) is 4.66. The van der Waals surface area contributed by atoms with Crippen LogP contribution in [0.15, 0.2) is 80.7 Å². The summed E-state index contributed by atoms with van der Waals surface area (Å²) in [5.74, 6) is 0. The molecule has 0 amide bonds. The first-order chi connectivity index (χ1) is 14.8. The summed E-state index contributed by atoms with van der Waals surface area (Å²) in [7, 11) is 0. The lowest BCUT2D eigenvalue weighted by Crippen LogP contribution is -2.30. The van der Waals surface area contributed by atoms with Crippen molar-refractivity contribution in [2.24, 2.45) is 0 Å². The lowest BCUT2D eigenvalue weighted by molar-refractivity contribution is -0.659. The first kappa shape index (κ1) is 17.4. The largest absolute Gasteiger partial charge is 0.334 e. The van der Waals surface area contributed by atoms with Crippen molar-refractivity contribution in [1.82, 2.24) is 0 Å². The first-order valence-electron chi connectivity index (χ1n) is 10.9. The molecular formula is C26H23N2S2+. The van der Waals surface area contributed by atoms with Crippen LogP contribution in [0.3, 0.4) is 0 Å². The Kier molecular flexibility index (Phi) is 3.68. The van der Waals surface area contributed by atoms with Gasteiger partial charge in [-0.2, -0.15) is 4.57 Å². The molecule has 0 fully saturated rings. The SMILES string of the molecule is CC1=C(C2=C3Sc4ccccc4N3CC2)CCC1=C1CC[n+]2c1sc1ccccc12. The van der Waals surface area contributed by atoms with Crippen molar-refractivity contribution in [3.63, 3.8) is 0 Å². The molecule has 7 rings (SSSR count). The molecule has 0 saturated carbocycles. The summed E-state index contributed by atoms with van der Waals surface area (Å²) in [6.07, 6.45) is 4.79. The molecular weight excluding hydrogens is 404 g/mol. The molecule has 4 aliphatic rings. The highest BCUT2D eigenvalue weighted by molar-refractivity contribution is 8.03. The molecule has 0 N–H and O–H groups in total. The molecule has 1 aromatic heterocycles. The number of para-hydroxylation sites is 2. The summed E-state index contributed by atoms with van der Waals surface area (Å²) in [6, 6.07) is 17.8. The van der Waals surface area contributed by atoms with Crippen LogP contribution in [0.25, 0.3) is 15.8 Å². The minimum atomic E-state index is 1.13.